The molecular formula is C12H7ClN6O. The van der Waals surface area contributed by atoms with Crippen molar-refractivity contribution in [3.8, 4) is 17.8 Å². The van der Waals surface area contributed by atoms with E-state index in [0.717, 1.165) is 0 Å². The summed E-state index contributed by atoms with van der Waals surface area (Å²) < 4.78 is 1.24. The number of carbonyl (C=O) groups excluding carboxylic acids is 1. The van der Waals surface area contributed by atoms with Gasteiger partial charge in [-0.05, 0) is 12.1 Å². The summed E-state index contributed by atoms with van der Waals surface area (Å²) in [6.07, 6.45) is 1.22. The number of hydrogen-bond acceptors (Lipinski definition) is 5. The highest BCUT2D eigenvalue weighted by atomic mass is 35.5. The van der Waals surface area contributed by atoms with Crippen LogP contribution in [0.1, 0.15) is 21.7 Å². The highest BCUT2D eigenvalue weighted by Crippen LogP contribution is 2.29. The first-order valence-electron chi connectivity index (χ1n) is 5.26. The number of nitrogens with zero attached hydrogens (tertiary/aromatic N) is 4. The van der Waals surface area contributed by atoms with Crippen molar-refractivity contribution >= 4 is 23.2 Å². The maximum Gasteiger partial charge on any atom is 0.250 e. The largest absolute Gasteiger partial charge is 0.399 e. The van der Waals surface area contributed by atoms with Crippen LogP contribution in [0.3, 0.4) is 0 Å². The molecule has 7 nitrogen and oxygen atoms in total. The minimum Gasteiger partial charge on any atom is -0.399 e. The van der Waals surface area contributed by atoms with Crippen molar-refractivity contribution in [2.24, 2.45) is 5.73 Å². The van der Waals surface area contributed by atoms with Crippen LogP contribution >= 0.6 is 11.6 Å². The number of nitriles is 2. The number of benzene rings is 1. The van der Waals surface area contributed by atoms with Crippen molar-refractivity contribution in [3.63, 3.8) is 0 Å². The van der Waals surface area contributed by atoms with Gasteiger partial charge in [-0.3, -0.25) is 9.36 Å². The summed E-state index contributed by atoms with van der Waals surface area (Å²) in [5.41, 5.74) is 11.2. The Balaban J connectivity index is 2.84. The van der Waals surface area contributed by atoms with Crippen LogP contribution in [0.25, 0.3) is 5.69 Å². The first-order valence-corrected chi connectivity index (χ1v) is 5.64. The quantitative estimate of drug-likeness (QED) is 0.792. The third-order valence-electron chi connectivity index (χ3n) is 2.57. The molecule has 0 saturated heterocycles. The van der Waals surface area contributed by atoms with Crippen LogP contribution in [0.5, 0.6) is 0 Å². The molecule has 8 heteroatoms. The topological polar surface area (TPSA) is 135 Å². The van der Waals surface area contributed by atoms with E-state index in [4.69, 9.17) is 33.6 Å². The third-order valence-corrected chi connectivity index (χ3v) is 2.86. The van der Waals surface area contributed by atoms with E-state index in [2.05, 4.69) is 4.98 Å². The Hall–Kier alpha value is -3.03. The van der Waals surface area contributed by atoms with Crippen LogP contribution in [-0.4, -0.2) is 15.5 Å². The van der Waals surface area contributed by atoms with Gasteiger partial charge in [0.25, 0.3) is 5.91 Å². The standard InChI is InChI=1S/C12H7ClN6O/c13-8-2-6(16)1-7(12(17)20)11(8)19-5-18-9(3-14)10(19)4-15/h1-2,5H,16H2,(H2,17,20). The van der Waals surface area contributed by atoms with Crippen molar-refractivity contribution in [1.29, 1.82) is 10.5 Å². The summed E-state index contributed by atoms with van der Waals surface area (Å²) >= 11 is 6.07. The molecule has 20 heavy (non-hydrogen) atoms. The fourth-order valence-electron chi connectivity index (χ4n) is 1.76. The predicted molar refractivity (Wildman–Crippen MR) is 70.9 cm³/mol. The molecule has 1 aromatic heterocycles. The zero-order valence-electron chi connectivity index (χ0n) is 9.96. The lowest BCUT2D eigenvalue weighted by molar-refractivity contribution is 0.100. The zero-order valence-corrected chi connectivity index (χ0v) is 10.7. The van der Waals surface area contributed by atoms with Gasteiger partial charge in [-0.15, -0.1) is 0 Å². The maximum atomic E-state index is 11.5. The first kappa shape index (κ1) is 13.4. The summed E-state index contributed by atoms with van der Waals surface area (Å²) in [6, 6.07) is 6.37. The van der Waals surface area contributed by atoms with Crippen LogP contribution < -0.4 is 11.5 Å². The minimum absolute atomic E-state index is 0.0355. The van der Waals surface area contributed by atoms with Crippen molar-refractivity contribution in [2.45, 2.75) is 0 Å². The van der Waals surface area contributed by atoms with Gasteiger partial charge >= 0.3 is 0 Å². The molecule has 0 spiro atoms. The van der Waals surface area contributed by atoms with E-state index < -0.39 is 5.91 Å². The zero-order chi connectivity index (χ0) is 14.9. The molecule has 98 valence electrons. The number of amides is 1. The van der Waals surface area contributed by atoms with Gasteiger partial charge in [0, 0.05) is 5.69 Å². The number of imidazole rings is 1. The van der Waals surface area contributed by atoms with Crippen molar-refractivity contribution < 1.29 is 4.79 Å². The molecule has 0 saturated carbocycles. The van der Waals surface area contributed by atoms with Crippen molar-refractivity contribution in [3.05, 3.63) is 40.4 Å². The third kappa shape index (κ3) is 2.03. The molecule has 1 aromatic carbocycles. The maximum absolute atomic E-state index is 11.5. The molecule has 2 aromatic rings. The van der Waals surface area contributed by atoms with Gasteiger partial charge in [0.1, 0.15) is 18.5 Å². The number of primary amides is 1. The first-order chi connectivity index (χ1) is 9.49. The summed E-state index contributed by atoms with van der Waals surface area (Å²) in [5.74, 6) is -0.759. The van der Waals surface area contributed by atoms with E-state index in [9.17, 15) is 4.79 Å². The van der Waals surface area contributed by atoms with Crippen LogP contribution in [-0.2, 0) is 0 Å². The molecule has 0 aliphatic carbocycles. The molecule has 0 aliphatic heterocycles. The second kappa shape index (κ2) is 4.92. The molecular weight excluding hydrogens is 280 g/mol. The Morgan fingerprint density at radius 1 is 1.35 bits per heavy atom. The van der Waals surface area contributed by atoms with Gasteiger partial charge < -0.3 is 11.5 Å². The number of halogens is 1. The van der Waals surface area contributed by atoms with E-state index in [1.165, 1.54) is 23.0 Å². The summed E-state index contributed by atoms with van der Waals surface area (Å²) in [6.45, 7) is 0. The fraction of sp³-hybridized carbons (Fsp3) is 0. The summed E-state index contributed by atoms with van der Waals surface area (Å²) in [7, 11) is 0. The molecule has 2 rings (SSSR count). The predicted octanol–water partition coefficient (Wildman–Crippen LogP) is 0.950. The van der Waals surface area contributed by atoms with Crippen LogP contribution in [0, 0.1) is 22.7 Å². The lowest BCUT2D eigenvalue weighted by atomic mass is 10.1. The number of carbonyl (C=O) groups is 1. The molecule has 0 aliphatic rings. The Morgan fingerprint density at radius 2 is 2.05 bits per heavy atom. The fourth-order valence-corrected chi connectivity index (χ4v) is 2.08. The molecule has 0 bridgehead atoms. The number of nitrogen functional groups attached to an aromatic ring is 1. The second-order valence-electron chi connectivity index (χ2n) is 3.80. The van der Waals surface area contributed by atoms with Crippen molar-refractivity contribution in [2.75, 3.05) is 5.73 Å². The summed E-state index contributed by atoms with van der Waals surface area (Å²) in [4.78, 5) is 15.3. The van der Waals surface area contributed by atoms with E-state index in [-0.39, 0.29) is 33.3 Å². The Labute approximate surface area is 118 Å². The van der Waals surface area contributed by atoms with E-state index >= 15 is 0 Å². The molecule has 0 fully saturated rings. The van der Waals surface area contributed by atoms with E-state index in [1.54, 1.807) is 6.07 Å². The molecule has 0 atom stereocenters. The average molecular weight is 287 g/mol. The average Bonchev–Trinajstić information content (AvgIpc) is 2.80. The van der Waals surface area contributed by atoms with Gasteiger partial charge in [0.15, 0.2) is 11.4 Å². The van der Waals surface area contributed by atoms with Crippen LogP contribution in [0.4, 0.5) is 5.69 Å². The highest BCUT2D eigenvalue weighted by molar-refractivity contribution is 6.33. The Bertz CT molecular complexity index is 795. The van der Waals surface area contributed by atoms with Crippen LogP contribution in [0.2, 0.25) is 5.02 Å². The minimum atomic E-state index is -0.759. The summed E-state index contributed by atoms with van der Waals surface area (Å²) in [5, 5.41) is 18.1. The normalized spacial score (nSPS) is 9.75. The molecule has 0 radical (unpaired) electrons. The second-order valence-corrected chi connectivity index (χ2v) is 4.21. The highest BCUT2D eigenvalue weighted by Gasteiger charge is 2.20. The van der Waals surface area contributed by atoms with Gasteiger partial charge in [0.2, 0.25) is 0 Å². The van der Waals surface area contributed by atoms with Gasteiger partial charge in [0.05, 0.1) is 16.3 Å². The van der Waals surface area contributed by atoms with Gasteiger partial charge in [-0.25, -0.2) is 4.98 Å². The Kier molecular flexibility index (Phi) is 3.30. The van der Waals surface area contributed by atoms with Gasteiger partial charge in [-0.1, -0.05) is 11.6 Å². The van der Waals surface area contributed by atoms with E-state index in [1.807, 2.05) is 6.07 Å². The number of nitrogens with two attached hydrogens (primary N) is 2. The number of aromatic nitrogens is 2. The van der Waals surface area contributed by atoms with Crippen LogP contribution in [0.15, 0.2) is 18.5 Å². The van der Waals surface area contributed by atoms with Crippen molar-refractivity contribution in [1.82, 2.24) is 9.55 Å². The molecule has 1 amide bonds. The van der Waals surface area contributed by atoms with Gasteiger partial charge in [-0.2, -0.15) is 10.5 Å². The smallest absolute Gasteiger partial charge is 0.250 e. The number of rotatable bonds is 2. The lowest BCUT2D eigenvalue weighted by Crippen LogP contribution is -2.16. The molecule has 0 unspecified atom stereocenters. The van der Waals surface area contributed by atoms with E-state index in [0.29, 0.717) is 0 Å². The molecule has 4 N–H and O–H groups in total. The number of hydrogen-bond donors (Lipinski definition) is 2. The monoisotopic (exact) mass is 286 g/mol. The lowest BCUT2D eigenvalue weighted by Gasteiger charge is -2.11. The molecule has 1 heterocycles. The number of anilines is 1. The Morgan fingerprint density at radius 3 is 2.60 bits per heavy atom. The SMILES string of the molecule is N#Cc1ncn(-c2c(Cl)cc(N)cc2C(N)=O)c1C#N.